The smallest absolute Gasteiger partial charge is 0.338 e. The van der Waals surface area contributed by atoms with Crippen molar-refractivity contribution in [3.8, 4) is 11.5 Å². The minimum absolute atomic E-state index is 0.0544. The Morgan fingerprint density at radius 1 is 1.33 bits per heavy atom. The fraction of sp³-hybridized carbons (Fsp3) is 0.143. The average Bonchev–Trinajstić information content (AvgIpc) is 3.14. The number of carbonyl (C=O) groups is 2. The van der Waals surface area contributed by atoms with Crippen molar-refractivity contribution >= 4 is 23.4 Å². The van der Waals surface area contributed by atoms with Crippen LogP contribution in [0.15, 0.2) is 30.5 Å². The summed E-state index contributed by atoms with van der Waals surface area (Å²) in [5, 5.41) is 0.257. The molecule has 1 N–H and O–H groups in total. The van der Waals surface area contributed by atoms with Gasteiger partial charge in [-0.3, -0.25) is 4.79 Å². The van der Waals surface area contributed by atoms with E-state index in [0.717, 1.165) is 0 Å². The average molecular weight is 308 g/mol. The summed E-state index contributed by atoms with van der Waals surface area (Å²) < 4.78 is 15.3. The van der Waals surface area contributed by atoms with Crippen molar-refractivity contribution in [2.75, 3.05) is 13.4 Å². The van der Waals surface area contributed by atoms with E-state index >= 15 is 0 Å². The predicted molar refractivity (Wildman–Crippen MR) is 73.0 cm³/mol. The van der Waals surface area contributed by atoms with Gasteiger partial charge in [0, 0.05) is 6.20 Å². The Hall–Kier alpha value is -2.47. The van der Waals surface area contributed by atoms with Crippen LogP contribution in [0.25, 0.3) is 0 Å². The summed E-state index contributed by atoms with van der Waals surface area (Å²) in [5.74, 6) is -0.198. The molecule has 0 amide bonds. The third-order valence-electron chi connectivity index (χ3n) is 2.90. The van der Waals surface area contributed by atoms with Gasteiger partial charge in [0.05, 0.1) is 16.3 Å². The van der Waals surface area contributed by atoms with E-state index in [2.05, 4.69) is 4.98 Å². The topological polar surface area (TPSA) is 77.6 Å². The highest BCUT2D eigenvalue weighted by molar-refractivity contribution is 6.32. The molecule has 108 valence electrons. The van der Waals surface area contributed by atoms with Gasteiger partial charge in [-0.15, -0.1) is 0 Å². The van der Waals surface area contributed by atoms with Crippen molar-refractivity contribution in [3.63, 3.8) is 0 Å². The van der Waals surface area contributed by atoms with Crippen molar-refractivity contribution in [1.29, 1.82) is 0 Å². The molecule has 0 spiro atoms. The first kappa shape index (κ1) is 13.5. The highest BCUT2D eigenvalue weighted by atomic mass is 35.5. The van der Waals surface area contributed by atoms with Crippen LogP contribution in [0, 0.1) is 0 Å². The Labute approximate surface area is 124 Å². The van der Waals surface area contributed by atoms with Gasteiger partial charge in [0.1, 0.15) is 0 Å². The van der Waals surface area contributed by atoms with Gasteiger partial charge in [0.2, 0.25) is 12.6 Å². The molecule has 3 rings (SSSR count). The number of ketones is 1. The largest absolute Gasteiger partial charge is 0.454 e. The third-order valence-corrected chi connectivity index (χ3v) is 3.18. The van der Waals surface area contributed by atoms with Crippen LogP contribution in [0.2, 0.25) is 5.02 Å². The van der Waals surface area contributed by atoms with E-state index in [1.54, 1.807) is 18.3 Å². The molecule has 0 saturated heterocycles. The Bertz CT molecular complexity index is 696. The first-order chi connectivity index (χ1) is 10.1. The maximum Gasteiger partial charge on any atom is 0.338 e. The van der Waals surface area contributed by atoms with Gasteiger partial charge in [0.25, 0.3) is 0 Å². The van der Waals surface area contributed by atoms with Crippen LogP contribution in [0.1, 0.15) is 20.8 Å². The van der Waals surface area contributed by atoms with Crippen molar-refractivity contribution in [1.82, 2.24) is 4.98 Å². The first-order valence-corrected chi connectivity index (χ1v) is 6.46. The van der Waals surface area contributed by atoms with Crippen LogP contribution in [0.3, 0.4) is 0 Å². The lowest BCUT2D eigenvalue weighted by atomic mass is 10.2. The number of carbonyl (C=O) groups excluding carboxylic acids is 2. The van der Waals surface area contributed by atoms with Gasteiger partial charge in [-0.1, -0.05) is 11.6 Å². The summed E-state index contributed by atoms with van der Waals surface area (Å²) >= 11 is 5.98. The molecular formula is C14H10ClNO5. The Morgan fingerprint density at radius 2 is 2.19 bits per heavy atom. The maximum atomic E-state index is 11.9. The SMILES string of the molecule is O=C(OCC(=O)c1ccc[nH]1)c1cc(Cl)c2c(c1)OCO2. The molecule has 2 heterocycles. The number of ether oxygens (including phenoxy) is 3. The summed E-state index contributed by atoms with van der Waals surface area (Å²) in [4.78, 5) is 26.4. The zero-order valence-corrected chi connectivity index (χ0v) is 11.5. The van der Waals surface area contributed by atoms with Crippen LogP contribution >= 0.6 is 11.6 Å². The second kappa shape index (κ2) is 5.49. The zero-order chi connectivity index (χ0) is 14.8. The number of aromatic amines is 1. The number of aromatic nitrogens is 1. The summed E-state index contributed by atoms with van der Waals surface area (Å²) in [6, 6.07) is 6.17. The molecule has 7 heteroatoms. The molecule has 0 bridgehead atoms. The zero-order valence-electron chi connectivity index (χ0n) is 10.7. The third kappa shape index (κ3) is 2.71. The molecular weight excluding hydrogens is 298 g/mol. The summed E-state index contributed by atoms with van der Waals surface area (Å²) in [6.45, 7) is -0.301. The van der Waals surface area contributed by atoms with Crippen LogP contribution in [0.5, 0.6) is 11.5 Å². The standard InChI is InChI=1S/C14H10ClNO5/c15-9-4-8(5-12-13(9)21-7-20-12)14(18)19-6-11(17)10-2-1-3-16-10/h1-5,16H,6-7H2. The molecule has 6 nitrogen and oxygen atoms in total. The number of H-pyrrole nitrogens is 1. The lowest BCUT2D eigenvalue weighted by molar-refractivity contribution is 0.0473. The fourth-order valence-electron chi connectivity index (χ4n) is 1.88. The molecule has 0 atom stereocenters. The number of rotatable bonds is 4. The maximum absolute atomic E-state index is 11.9. The van der Waals surface area contributed by atoms with Crippen LogP contribution < -0.4 is 9.47 Å². The molecule has 0 fully saturated rings. The van der Waals surface area contributed by atoms with Crippen LogP contribution in [-0.4, -0.2) is 30.1 Å². The van der Waals surface area contributed by atoms with Gasteiger partial charge in [-0.05, 0) is 24.3 Å². The predicted octanol–water partition coefficient (Wildman–Crippen LogP) is 2.44. The number of nitrogens with one attached hydrogen (secondary N) is 1. The molecule has 1 aromatic carbocycles. The van der Waals surface area contributed by atoms with Gasteiger partial charge >= 0.3 is 5.97 Å². The van der Waals surface area contributed by atoms with E-state index < -0.39 is 5.97 Å². The number of fused-ring (bicyclic) bond motifs is 1. The minimum atomic E-state index is -0.657. The highest BCUT2D eigenvalue weighted by Gasteiger charge is 2.21. The number of halogens is 1. The Morgan fingerprint density at radius 3 is 2.95 bits per heavy atom. The molecule has 0 aliphatic carbocycles. The minimum Gasteiger partial charge on any atom is -0.454 e. The van der Waals surface area contributed by atoms with Crippen molar-refractivity contribution in [2.24, 2.45) is 0 Å². The number of benzene rings is 1. The molecule has 0 unspecified atom stereocenters. The molecule has 1 aliphatic rings. The number of Topliss-reactive ketones (excluding diaryl/α,β-unsaturated/α-hetero) is 1. The van der Waals surface area contributed by atoms with E-state index in [-0.39, 0.29) is 29.8 Å². The Kier molecular flexibility index (Phi) is 3.53. The van der Waals surface area contributed by atoms with E-state index in [9.17, 15) is 9.59 Å². The second-order valence-electron chi connectivity index (χ2n) is 4.27. The number of hydrogen-bond acceptors (Lipinski definition) is 5. The van der Waals surface area contributed by atoms with E-state index in [1.165, 1.54) is 12.1 Å². The van der Waals surface area contributed by atoms with Crippen LogP contribution in [-0.2, 0) is 4.74 Å². The molecule has 1 aliphatic heterocycles. The van der Waals surface area contributed by atoms with Gasteiger partial charge in [-0.25, -0.2) is 4.79 Å². The van der Waals surface area contributed by atoms with Gasteiger partial charge in [-0.2, -0.15) is 0 Å². The number of esters is 1. The van der Waals surface area contributed by atoms with Crippen LogP contribution in [0.4, 0.5) is 0 Å². The molecule has 1 aromatic heterocycles. The second-order valence-corrected chi connectivity index (χ2v) is 4.68. The van der Waals surface area contributed by atoms with Crippen molar-refractivity contribution in [3.05, 3.63) is 46.7 Å². The Balaban J connectivity index is 1.69. The lowest BCUT2D eigenvalue weighted by Crippen LogP contribution is -2.14. The van der Waals surface area contributed by atoms with Gasteiger partial charge < -0.3 is 19.2 Å². The van der Waals surface area contributed by atoms with E-state index in [4.69, 9.17) is 25.8 Å². The van der Waals surface area contributed by atoms with E-state index in [0.29, 0.717) is 17.2 Å². The fourth-order valence-corrected chi connectivity index (χ4v) is 2.15. The summed E-state index contributed by atoms with van der Waals surface area (Å²) in [7, 11) is 0. The van der Waals surface area contributed by atoms with E-state index in [1.807, 2.05) is 0 Å². The summed E-state index contributed by atoms with van der Waals surface area (Å²) in [5.41, 5.74) is 0.579. The molecule has 21 heavy (non-hydrogen) atoms. The highest BCUT2D eigenvalue weighted by Crippen LogP contribution is 2.39. The van der Waals surface area contributed by atoms with Crippen molar-refractivity contribution < 1.29 is 23.8 Å². The number of hydrogen-bond donors (Lipinski definition) is 1. The monoisotopic (exact) mass is 307 g/mol. The van der Waals surface area contributed by atoms with Crippen molar-refractivity contribution in [2.45, 2.75) is 0 Å². The molecule has 2 aromatic rings. The summed E-state index contributed by atoms with van der Waals surface area (Å²) in [6.07, 6.45) is 1.62. The normalized spacial score (nSPS) is 12.2. The first-order valence-electron chi connectivity index (χ1n) is 6.08. The molecule has 0 saturated carbocycles. The van der Waals surface area contributed by atoms with Gasteiger partial charge in [0.15, 0.2) is 18.1 Å². The quantitative estimate of drug-likeness (QED) is 0.693. The lowest BCUT2D eigenvalue weighted by Gasteiger charge is -2.05. The molecule has 0 radical (unpaired) electrons.